The highest BCUT2D eigenvalue weighted by atomic mass is 32.1. The smallest absolute Gasteiger partial charge is 0.0679 e. The first-order valence-electron chi connectivity index (χ1n) is 11.5. The zero-order valence-corrected chi connectivity index (χ0v) is 21.0. The Kier molecular flexibility index (Phi) is 9.31. The van der Waals surface area contributed by atoms with Gasteiger partial charge in [0.05, 0.1) is 6.61 Å². The van der Waals surface area contributed by atoms with Crippen molar-refractivity contribution in [3.05, 3.63) is 99.8 Å². The lowest BCUT2D eigenvalue weighted by Crippen LogP contribution is -1.98. The van der Waals surface area contributed by atoms with Crippen LogP contribution in [-0.4, -0.2) is 13.7 Å². The average molecular weight is 455 g/mol. The Morgan fingerprint density at radius 2 is 1.73 bits per heavy atom. The molecule has 0 N–H and O–H groups in total. The third-order valence-electron chi connectivity index (χ3n) is 5.16. The van der Waals surface area contributed by atoms with Crippen LogP contribution in [0.4, 0.5) is 0 Å². The molecule has 0 atom stereocenters. The summed E-state index contributed by atoms with van der Waals surface area (Å²) in [5.74, 6) is 6.38. The molecular formula is C31H34OS. The van der Waals surface area contributed by atoms with E-state index in [1.165, 1.54) is 33.4 Å². The summed E-state index contributed by atoms with van der Waals surface area (Å²) in [4.78, 5) is 0. The van der Waals surface area contributed by atoms with Crippen molar-refractivity contribution < 1.29 is 4.74 Å². The third-order valence-corrected chi connectivity index (χ3v) is 5.85. The summed E-state index contributed by atoms with van der Waals surface area (Å²) in [7, 11) is 1.75. The van der Waals surface area contributed by atoms with Crippen molar-refractivity contribution in [1.82, 2.24) is 0 Å². The van der Waals surface area contributed by atoms with Crippen molar-refractivity contribution in [2.45, 2.75) is 40.0 Å². The van der Waals surface area contributed by atoms with Gasteiger partial charge in [-0.15, -0.1) is 0 Å². The number of methoxy groups -OCH3 is 1. The van der Waals surface area contributed by atoms with E-state index in [1.807, 2.05) is 6.08 Å². The van der Waals surface area contributed by atoms with Crippen molar-refractivity contribution >= 4 is 17.4 Å². The third kappa shape index (κ3) is 8.89. The molecule has 0 aliphatic heterocycles. The van der Waals surface area contributed by atoms with E-state index in [1.54, 1.807) is 18.4 Å². The van der Waals surface area contributed by atoms with Gasteiger partial charge in [0.2, 0.25) is 0 Å². The Labute approximate surface area is 203 Å². The molecule has 0 saturated heterocycles. The highest BCUT2D eigenvalue weighted by molar-refractivity contribution is 7.08. The highest BCUT2D eigenvalue weighted by Gasteiger charge is 2.03. The first-order chi connectivity index (χ1) is 15.9. The molecule has 1 nitrogen and oxygen atoms in total. The van der Waals surface area contributed by atoms with E-state index in [0.29, 0.717) is 6.61 Å². The molecule has 0 aliphatic rings. The molecule has 33 heavy (non-hydrogen) atoms. The minimum atomic E-state index is 0.0290. The molecular weight excluding hydrogens is 420 g/mol. The number of aryl methyl sites for hydroxylation is 2. The Hall–Kier alpha value is -2.86. The molecule has 2 heteroatoms. The molecule has 3 rings (SSSR count). The Bertz CT molecular complexity index is 1130. The molecule has 170 valence electrons. The second-order valence-electron chi connectivity index (χ2n) is 9.32. The fourth-order valence-electron chi connectivity index (χ4n) is 3.57. The normalized spacial score (nSPS) is 12.1. The molecule has 0 bridgehead atoms. The van der Waals surface area contributed by atoms with Gasteiger partial charge in [0.1, 0.15) is 0 Å². The van der Waals surface area contributed by atoms with E-state index in [-0.39, 0.29) is 5.41 Å². The van der Waals surface area contributed by atoms with Crippen LogP contribution in [-0.2, 0) is 17.6 Å². The topological polar surface area (TPSA) is 9.23 Å². The second-order valence-corrected chi connectivity index (χ2v) is 10.1. The van der Waals surface area contributed by atoms with E-state index < -0.39 is 0 Å². The summed E-state index contributed by atoms with van der Waals surface area (Å²) < 4.78 is 5.43. The maximum absolute atomic E-state index is 5.43. The van der Waals surface area contributed by atoms with Crippen molar-refractivity contribution in [3.8, 4) is 23.0 Å². The van der Waals surface area contributed by atoms with Crippen LogP contribution < -0.4 is 0 Å². The summed E-state index contributed by atoms with van der Waals surface area (Å²) in [5.41, 5.74) is 7.83. The maximum atomic E-state index is 5.43. The Balaban J connectivity index is 1.65. The van der Waals surface area contributed by atoms with E-state index in [2.05, 4.69) is 110 Å². The number of benzene rings is 2. The first kappa shape index (κ1) is 24.8. The molecule has 0 amide bonds. The van der Waals surface area contributed by atoms with Gasteiger partial charge < -0.3 is 4.74 Å². The number of thiophene rings is 1. The molecule has 0 unspecified atom stereocenters. The molecule has 0 fully saturated rings. The molecule has 0 aliphatic carbocycles. The minimum absolute atomic E-state index is 0.0290. The van der Waals surface area contributed by atoms with Crippen LogP contribution in [0.2, 0.25) is 0 Å². The number of allylic oxidation sites excluding steroid dienone is 2. The highest BCUT2D eigenvalue weighted by Crippen LogP contribution is 2.23. The quantitative estimate of drug-likeness (QED) is 0.296. The molecule has 0 spiro atoms. The van der Waals surface area contributed by atoms with Gasteiger partial charge in [-0.1, -0.05) is 72.5 Å². The molecule has 1 heterocycles. The summed E-state index contributed by atoms with van der Waals surface area (Å²) in [6.07, 6.45) is 9.21. The summed E-state index contributed by atoms with van der Waals surface area (Å²) >= 11 is 1.74. The predicted octanol–water partition coefficient (Wildman–Crippen LogP) is 8.23. The van der Waals surface area contributed by atoms with Crippen LogP contribution in [0, 0.1) is 17.3 Å². The summed E-state index contributed by atoms with van der Waals surface area (Å²) in [6, 6.07) is 19.9. The fourth-order valence-corrected chi connectivity index (χ4v) is 4.24. The molecule has 3 aromatic rings. The largest absolute Gasteiger partial charge is 0.380 e. The van der Waals surface area contributed by atoms with Crippen molar-refractivity contribution in [3.63, 3.8) is 0 Å². The van der Waals surface area contributed by atoms with Crippen LogP contribution in [0.25, 0.3) is 17.2 Å². The van der Waals surface area contributed by atoms with Crippen LogP contribution in [0.5, 0.6) is 0 Å². The van der Waals surface area contributed by atoms with Gasteiger partial charge >= 0.3 is 0 Å². The Morgan fingerprint density at radius 3 is 2.42 bits per heavy atom. The van der Waals surface area contributed by atoms with Gasteiger partial charge in [-0.3, -0.25) is 0 Å². The van der Waals surface area contributed by atoms with Crippen molar-refractivity contribution in [1.29, 1.82) is 0 Å². The predicted molar refractivity (Wildman–Crippen MR) is 144 cm³/mol. The van der Waals surface area contributed by atoms with E-state index in [4.69, 9.17) is 4.74 Å². The number of ether oxygens (including phenoxy) is 1. The molecule has 2 aromatic carbocycles. The van der Waals surface area contributed by atoms with Crippen LogP contribution >= 0.6 is 11.3 Å². The fraction of sp³-hybridized carbons (Fsp3) is 0.290. The molecule has 0 saturated carbocycles. The van der Waals surface area contributed by atoms with Crippen LogP contribution in [0.1, 0.15) is 43.9 Å². The lowest BCUT2D eigenvalue weighted by Gasteiger charge is -2.07. The van der Waals surface area contributed by atoms with E-state index in [0.717, 1.165) is 19.3 Å². The van der Waals surface area contributed by atoms with Crippen molar-refractivity contribution in [2.75, 3.05) is 13.7 Å². The molecule has 1 aromatic heterocycles. The maximum Gasteiger partial charge on any atom is 0.0679 e. The van der Waals surface area contributed by atoms with E-state index in [9.17, 15) is 0 Å². The van der Waals surface area contributed by atoms with Gasteiger partial charge in [-0.25, -0.2) is 0 Å². The van der Waals surface area contributed by atoms with Gasteiger partial charge in [-0.05, 0) is 96.3 Å². The van der Waals surface area contributed by atoms with Crippen molar-refractivity contribution in [2.24, 2.45) is 5.41 Å². The van der Waals surface area contributed by atoms with E-state index >= 15 is 0 Å². The zero-order valence-electron chi connectivity index (χ0n) is 20.2. The van der Waals surface area contributed by atoms with Gasteiger partial charge in [0.25, 0.3) is 0 Å². The number of hydrogen-bond donors (Lipinski definition) is 0. The first-order valence-corrected chi connectivity index (χ1v) is 12.4. The average Bonchev–Trinajstić information content (AvgIpc) is 3.32. The zero-order chi connectivity index (χ0) is 23.5. The summed E-state index contributed by atoms with van der Waals surface area (Å²) in [6.45, 7) is 6.99. The van der Waals surface area contributed by atoms with Crippen LogP contribution in [0.3, 0.4) is 0 Å². The lowest BCUT2D eigenvalue weighted by atomic mass is 9.98. The lowest BCUT2D eigenvalue weighted by molar-refractivity contribution is 0.225. The Morgan fingerprint density at radius 1 is 0.970 bits per heavy atom. The number of hydrogen-bond acceptors (Lipinski definition) is 2. The monoisotopic (exact) mass is 454 g/mol. The van der Waals surface area contributed by atoms with Gasteiger partial charge in [0, 0.05) is 12.5 Å². The minimum Gasteiger partial charge on any atom is -0.380 e. The number of rotatable bonds is 9. The SMILES string of the molecule is COCC(=Cc1cccc(CCc2cccc(-c3ccsc3)c2)c1)CC=CC#CC(C)(C)C. The summed E-state index contributed by atoms with van der Waals surface area (Å²) in [5, 5.41) is 4.34. The van der Waals surface area contributed by atoms with Crippen LogP contribution in [0.15, 0.2) is 83.1 Å². The molecule has 0 radical (unpaired) electrons. The standard InChI is InChI=1S/C31H34OS/c1-31(2,3)18-7-5-6-10-28(23-32-4)21-27-13-8-11-25(20-27)15-16-26-12-9-14-29(22-26)30-17-19-33-24-30/h5-6,8-9,11-14,17,19-22,24H,10,15-16,23H2,1-4H3. The van der Waals surface area contributed by atoms with Gasteiger partial charge in [0.15, 0.2) is 0 Å². The second kappa shape index (κ2) is 12.4. The van der Waals surface area contributed by atoms with Gasteiger partial charge in [-0.2, -0.15) is 11.3 Å².